The van der Waals surface area contributed by atoms with Crippen LogP contribution in [0.15, 0.2) is 59.1 Å². The Bertz CT molecular complexity index is 1080. The summed E-state index contributed by atoms with van der Waals surface area (Å²) in [4.78, 5) is 22.4. The molecule has 1 amide bonds. The van der Waals surface area contributed by atoms with E-state index in [9.17, 15) is 4.79 Å². The predicted molar refractivity (Wildman–Crippen MR) is 124 cm³/mol. The molecular formula is C24H24BrN3O3. The van der Waals surface area contributed by atoms with Crippen LogP contribution in [0.2, 0.25) is 0 Å². The Morgan fingerprint density at radius 1 is 1.00 bits per heavy atom. The third-order valence-electron chi connectivity index (χ3n) is 5.86. The number of anilines is 1. The summed E-state index contributed by atoms with van der Waals surface area (Å²) in [6.45, 7) is 4.45. The number of carbonyl (C=O) groups excluding carboxylic acids is 1. The highest BCUT2D eigenvalue weighted by Gasteiger charge is 2.26. The van der Waals surface area contributed by atoms with Crippen molar-refractivity contribution in [2.24, 2.45) is 0 Å². The van der Waals surface area contributed by atoms with Crippen LogP contribution in [0.25, 0.3) is 10.9 Å². The van der Waals surface area contributed by atoms with Crippen LogP contribution in [0.1, 0.15) is 22.0 Å². The average molecular weight is 482 g/mol. The number of rotatable bonds is 3. The first-order valence-corrected chi connectivity index (χ1v) is 11.4. The summed E-state index contributed by atoms with van der Waals surface area (Å²) in [6, 6.07) is 18.1. The number of halogens is 1. The van der Waals surface area contributed by atoms with Crippen LogP contribution in [0.5, 0.6) is 0 Å². The molecule has 1 atom stereocenters. The van der Waals surface area contributed by atoms with Crippen LogP contribution in [0.4, 0.5) is 5.82 Å². The predicted octanol–water partition coefficient (Wildman–Crippen LogP) is 4.05. The third kappa shape index (κ3) is 4.31. The largest absolute Gasteiger partial charge is 0.378 e. The smallest absolute Gasteiger partial charge is 0.254 e. The van der Waals surface area contributed by atoms with E-state index in [0.717, 1.165) is 33.3 Å². The number of carbonyl (C=O) groups is 1. The molecule has 0 N–H and O–H groups in total. The Labute approximate surface area is 189 Å². The van der Waals surface area contributed by atoms with E-state index in [1.54, 1.807) is 0 Å². The SMILES string of the molecule is O=C(c1cc(N2CCOC(c3ccc(Br)cc3)C2)nc2ccccc12)N1CCOCC1. The minimum Gasteiger partial charge on any atom is -0.378 e. The maximum atomic E-state index is 13.4. The van der Waals surface area contributed by atoms with Gasteiger partial charge in [-0.15, -0.1) is 0 Å². The molecule has 3 heterocycles. The van der Waals surface area contributed by atoms with Gasteiger partial charge in [0.1, 0.15) is 11.9 Å². The molecule has 0 bridgehead atoms. The Balaban J connectivity index is 1.48. The second-order valence-electron chi connectivity index (χ2n) is 7.81. The van der Waals surface area contributed by atoms with Crippen molar-refractivity contribution in [3.8, 4) is 0 Å². The number of para-hydroxylation sites is 1. The lowest BCUT2D eigenvalue weighted by atomic mass is 10.1. The molecule has 160 valence electrons. The maximum absolute atomic E-state index is 13.4. The molecule has 31 heavy (non-hydrogen) atoms. The number of fused-ring (bicyclic) bond motifs is 1. The standard InChI is InChI=1S/C24H24BrN3O3/c25-18-7-5-17(6-8-18)22-16-28(11-14-31-22)23-15-20(19-3-1-2-4-21(19)26-23)24(29)27-9-12-30-13-10-27/h1-8,15,22H,9-14,16H2. The summed E-state index contributed by atoms with van der Waals surface area (Å²) in [7, 11) is 0. The van der Waals surface area contributed by atoms with E-state index >= 15 is 0 Å². The fraction of sp³-hybridized carbons (Fsp3) is 0.333. The minimum absolute atomic E-state index is 0.0338. The van der Waals surface area contributed by atoms with Crippen molar-refractivity contribution in [3.05, 3.63) is 70.2 Å². The van der Waals surface area contributed by atoms with E-state index in [-0.39, 0.29) is 12.0 Å². The molecule has 0 saturated carbocycles. The van der Waals surface area contributed by atoms with Crippen molar-refractivity contribution in [1.29, 1.82) is 0 Å². The number of pyridine rings is 1. The summed E-state index contributed by atoms with van der Waals surface area (Å²) in [5.41, 5.74) is 2.68. The van der Waals surface area contributed by atoms with Crippen molar-refractivity contribution in [2.75, 3.05) is 50.9 Å². The summed E-state index contributed by atoms with van der Waals surface area (Å²) in [6.07, 6.45) is -0.0338. The summed E-state index contributed by atoms with van der Waals surface area (Å²) < 4.78 is 12.5. The molecule has 2 aromatic carbocycles. The first kappa shape index (κ1) is 20.4. The van der Waals surface area contributed by atoms with Gasteiger partial charge in [0.15, 0.2) is 0 Å². The van der Waals surface area contributed by atoms with Gasteiger partial charge in [-0.2, -0.15) is 0 Å². The maximum Gasteiger partial charge on any atom is 0.254 e. The van der Waals surface area contributed by atoms with E-state index in [1.165, 1.54) is 0 Å². The fourth-order valence-electron chi connectivity index (χ4n) is 4.17. The number of nitrogens with zero attached hydrogens (tertiary/aromatic N) is 3. The van der Waals surface area contributed by atoms with Gasteiger partial charge in [0.25, 0.3) is 5.91 Å². The van der Waals surface area contributed by atoms with Gasteiger partial charge in [-0.25, -0.2) is 4.98 Å². The molecule has 0 spiro atoms. The van der Waals surface area contributed by atoms with Crippen molar-refractivity contribution >= 4 is 38.6 Å². The van der Waals surface area contributed by atoms with Gasteiger partial charge in [0.2, 0.25) is 0 Å². The Morgan fingerprint density at radius 3 is 2.58 bits per heavy atom. The quantitative estimate of drug-likeness (QED) is 0.564. The number of benzene rings is 2. The van der Waals surface area contributed by atoms with Gasteiger partial charge in [0, 0.05) is 36.0 Å². The average Bonchev–Trinajstić information content (AvgIpc) is 2.84. The Hall–Kier alpha value is -2.48. The number of aromatic nitrogens is 1. The highest BCUT2D eigenvalue weighted by molar-refractivity contribution is 9.10. The second-order valence-corrected chi connectivity index (χ2v) is 8.72. The number of ether oxygens (including phenoxy) is 2. The van der Waals surface area contributed by atoms with Crippen LogP contribution >= 0.6 is 15.9 Å². The normalized spacial score (nSPS) is 19.6. The van der Waals surface area contributed by atoms with Crippen molar-refractivity contribution in [2.45, 2.75) is 6.10 Å². The van der Waals surface area contributed by atoms with Crippen LogP contribution in [-0.4, -0.2) is 61.8 Å². The molecule has 2 aliphatic rings. The zero-order valence-corrected chi connectivity index (χ0v) is 18.8. The Morgan fingerprint density at radius 2 is 1.77 bits per heavy atom. The molecule has 2 aliphatic heterocycles. The Kier molecular flexibility index (Phi) is 5.89. The number of morpholine rings is 2. The van der Waals surface area contributed by atoms with Gasteiger partial charge in [0.05, 0.1) is 30.9 Å². The van der Waals surface area contributed by atoms with Gasteiger partial charge in [-0.3, -0.25) is 4.79 Å². The van der Waals surface area contributed by atoms with E-state index in [4.69, 9.17) is 14.5 Å². The molecule has 6 nitrogen and oxygen atoms in total. The molecule has 2 saturated heterocycles. The van der Waals surface area contributed by atoms with Gasteiger partial charge >= 0.3 is 0 Å². The number of amides is 1. The van der Waals surface area contributed by atoms with Gasteiger partial charge in [-0.05, 0) is 29.8 Å². The van der Waals surface area contributed by atoms with Crippen LogP contribution in [-0.2, 0) is 9.47 Å². The van der Waals surface area contributed by atoms with E-state index in [0.29, 0.717) is 45.0 Å². The third-order valence-corrected chi connectivity index (χ3v) is 6.39. The molecule has 1 aromatic heterocycles. The second kappa shape index (κ2) is 8.94. The van der Waals surface area contributed by atoms with Crippen molar-refractivity contribution in [1.82, 2.24) is 9.88 Å². The molecular weight excluding hydrogens is 458 g/mol. The first-order chi connectivity index (χ1) is 15.2. The number of hydrogen-bond donors (Lipinski definition) is 0. The first-order valence-electron chi connectivity index (χ1n) is 10.6. The molecule has 0 radical (unpaired) electrons. The highest BCUT2D eigenvalue weighted by Crippen LogP contribution is 2.29. The topological polar surface area (TPSA) is 54.9 Å². The van der Waals surface area contributed by atoms with E-state index in [2.05, 4.69) is 33.0 Å². The van der Waals surface area contributed by atoms with Crippen LogP contribution in [0, 0.1) is 0 Å². The highest BCUT2D eigenvalue weighted by atomic mass is 79.9. The summed E-state index contributed by atoms with van der Waals surface area (Å²) in [5, 5.41) is 0.889. The van der Waals surface area contributed by atoms with Crippen molar-refractivity contribution < 1.29 is 14.3 Å². The van der Waals surface area contributed by atoms with Crippen molar-refractivity contribution in [3.63, 3.8) is 0 Å². The lowest BCUT2D eigenvalue weighted by Crippen LogP contribution is -2.41. The van der Waals surface area contributed by atoms with Crippen LogP contribution < -0.4 is 4.90 Å². The monoisotopic (exact) mass is 481 g/mol. The number of hydrogen-bond acceptors (Lipinski definition) is 5. The molecule has 5 rings (SSSR count). The molecule has 2 fully saturated rings. The zero-order valence-electron chi connectivity index (χ0n) is 17.2. The van der Waals surface area contributed by atoms with E-state index in [1.807, 2.05) is 47.4 Å². The molecule has 0 aliphatic carbocycles. The van der Waals surface area contributed by atoms with Gasteiger partial charge < -0.3 is 19.3 Å². The van der Waals surface area contributed by atoms with Crippen LogP contribution in [0.3, 0.4) is 0 Å². The van der Waals surface area contributed by atoms with Gasteiger partial charge in [-0.1, -0.05) is 46.3 Å². The molecule has 3 aromatic rings. The minimum atomic E-state index is -0.0338. The fourth-order valence-corrected chi connectivity index (χ4v) is 4.44. The molecule has 7 heteroatoms. The lowest BCUT2D eigenvalue weighted by Gasteiger charge is -2.34. The van der Waals surface area contributed by atoms with E-state index < -0.39 is 0 Å². The molecule has 1 unspecified atom stereocenters. The lowest BCUT2D eigenvalue weighted by molar-refractivity contribution is 0.0304. The zero-order chi connectivity index (χ0) is 21.2. The summed E-state index contributed by atoms with van der Waals surface area (Å²) in [5.74, 6) is 0.863. The summed E-state index contributed by atoms with van der Waals surface area (Å²) >= 11 is 3.49.